The Kier molecular flexibility index (Phi) is 7.00. The summed E-state index contributed by atoms with van der Waals surface area (Å²) in [4.78, 5) is 39.0. The third-order valence-corrected chi connectivity index (χ3v) is 4.13. The quantitative estimate of drug-likeness (QED) is 0.804. The minimum absolute atomic E-state index is 0.116. The molecule has 2 rings (SSSR count). The number of rotatable bonds is 6. The molecule has 148 valence electrons. The van der Waals surface area contributed by atoms with E-state index in [0.717, 1.165) is 0 Å². The summed E-state index contributed by atoms with van der Waals surface area (Å²) in [5, 5.41) is 2.97. The van der Waals surface area contributed by atoms with Crippen molar-refractivity contribution in [2.75, 3.05) is 40.1 Å². The van der Waals surface area contributed by atoms with Crippen LogP contribution in [0.2, 0.25) is 5.02 Å². The van der Waals surface area contributed by atoms with Crippen molar-refractivity contribution < 1.29 is 19.1 Å². The first-order valence-electron chi connectivity index (χ1n) is 8.44. The van der Waals surface area contributed by atoms with Crippen LogP contribution in [0.15, 0.2) is 42.5 Å². The van der Waals surface area contributed by atoms with Gasteiger partial charge in [-0.1, -0.05) is 17.7 Å². The van der Waals surface area contributed by atoms with E-state index in [2.05, 4.69) is 5.32 Å². The highest BCUT2D eigenvalue weighted by atomic mass is 35.5. The van der Waals surface area contributed by atoms with Crippen LogP contribution in [0.25, 0.3) is 0 Å². The van der Waals surface area contributed by atoms with E-state index in [1.165, 1.54) is 15.9 Å². The number of benzene rings is 2. The number of ether oxygens (including phenoxy) is 1. The molecule has 0 bridgehead atoms. The number of carbonyl (C=O) groups is 3. The maximum absolute atomic E-state index is 12.5. The SMILES string of the molecule is CN(C)C(=O)COc1cccc(C(=O)Nc2ccc(C(=O)N(C)C)c(Cl)c2)c1. The molecule has 7 nitrogen and oxygen atoms in total. The fourth-order valence-corrected chi connectivity index (χ4v) is 2.47. The highest BCUT2D eigenvalue weighted by molar-refractivity contribution is 6.34. The van der Waals surface area contributed by atoms with Crippen molar-refractivity contribution in [3.8, 4) is 5.75 Å². The predicted molar refractivity (Wildman–Crippen MR) is 108 cm³/mol. The van der Waals surface area contributed by atoms with Gasteiger partial charge in [-0.25, -0.2) is 0 Å². The number of hydrogen-bond donors (Lipinski definition) is 1. The number of halogens is 1. The number of amides is 3. The highest BCUT2D eigenvalue weighted by Crippen LogP contribution is 2.23. The Morgan fingerprint density at radius 1 is 1.00 bits per heavy atom. The van der Waals surface area contributed by atoms with Gasteiger partial charge in [-0.05, 0) is 36.4 Å². The van der Waals surface area contributed by atoms with Gasteiger partial charge < -0.3 is 19.9 Å². The van der Waals surface area contributed by atoms with E-state index < -0.39 is 0 Å². The molecular formula is C20H22ClN3O4. The van der Waals surface area contributed by atoms with Gasteiger partial charge in [0, 0.05) is 39.4 Å². The van der Waals surface area contributed by atoms with Gasteiger partial charge in [0.15, 0.2) is 6.61 Å². The second-order valence-electron chi connectivity index (χ2n) is 6.45. The second kappa shape index (κ2) is 9.23. The molecule has 0 fully saturated rings. The molecule has 0 spiro atoms. The Morgan fingerprint density at radius 2 is 1.71 bits per heavy atom. The van der Waals surface area contributed by atoms with Gasteiger partial charge in [0.1, 0.15) is 5.75 Å². The molecule has 1 N–H and O–H groups in total. The molecule has 28 heavy (non-hydrogen) atoms. The molecule has 0 heterocycles. The van der Waals surface area contributed by atoms with E-state index in [-0.39, 0.29) is 29.4 Å². The summed E-state index contributed by atoms with van der Waals surface area (Å²) < 4.78 is 5.42. The third kappa shape index (κ3) is 5.47. The maximum Gasteiger partial charge on any atom is 0.259 e. The Labute approximate surface area is 168 Å². The Bertz CT molecular complexity index is 897. The van der Waals surface area contributed by atoms with E-state index in [1.807, 2.05) is 0 Å². The molecule has 0 radical (unpaired) electrons. The van der Waals surface area contributed by atoms with Crippen molar-refractivity contribution in [1.29, 1.82) is 0 Å². The first-order valence-corrected chi connectivity index (χ1v) is 8.82. The second-order valence-corrected chi connectivity index (χ2v) is 6.86. The van der Waals surface area contributed by atoms with Gasteiger partial charge in [0.2, 0.25) is 0 Å². The molecule has 0 aromatic heterocycles. The largest absolute Gasteiger partial charge is 0.484 e. The molecule has 3 amide bonds. The molecule has 2 aromatic carbocycles. The van der Waals surface area contributed by atoms with Crippen LogP contribution in [0, 0.1) is 0 Å². The summed E-state index contributed by atoms with van der Waals surface area (Å²) in [7, 11) is 6.54. The van der Waals surface area contributed by atoms with Crippen LogP contribution in [-0.2, 0) is 4.79 Å². The molecule has 0 aliphatic carbocycles. The van der Waals surface area contributed by atoms with Crippen LogP contribution in [0.4, 0.5) is 5.69 Å². The summed E-state index contributed by atoms with van der Waals surface area (Å²) in [5.41, 5.74) is 1.17. The fraction of sp³-hybridized carbons (Fsp3) is 0.250. The smallest absolute Gasteiger partial charge is 0.259 e. The lowest BCUT2D eigenvalue weighted by Crippen LogP contribution is -2.27. The lowest BCUT2D eigenvalue weighted by molar-refractivity contribution is -0.130. The summed E-state index contributed by atoms with van der Waals surface area (Å²) in [6.45, 7) is -0.116. The standard InChI is InChI=1S/C20H22ClN3O4/c1-23(2)18(25)12-28-15-7-5-6-13(10-15)19(26)22-14-8-9-16(17(21)11-14)20(27)24(3)4/h5-11H,12H2,1-4H3,(H,22,26). The van der Waals surface area contributed by atoms with Gasteiger partial charge in [-0.3, -0.25) is 14.4 Å². The van der Waals surface area contributed by atoms with E-state index >= 15 is 0 Å². The van der Waals surface area contributed by atoms with Crippen molar-refractivity contribution in [3.63, 3.8) is 0 Å². The monoisotopic (exact) mass is 403 g/mol. The number of anilines is 1. The maximum atomic E-state index is 12.5. The van der Waals surface area contributed by atoms with E-state index in [4.69, 9.17) is 16.3 Å². The molecule has 0 aliphatic rings. The zero-order valence-corrected chi connectivity index (χ0v) is 16.9. The molecule has 0 saturated heterocycles. The average Bonchev–Trinajstić information content (AvgIpc) is 2.65. The molecule has 0 aliphatic heterocycles. The zero-order chi connectivity index (χ0) is 20.8. The Morgan fingerprint density at radius 3 is 2.32 bits per heavy atom. The molecule has 0 unspecified atom stereocenters. The Balaban J connectivity index is 2.09. The lowest BCUT2D eigenvalue weighted by Gasteiger charge is -2.13. The first kappa shape index (κ1) is 21.2. The third-order valence-electron chi connectivity index (χ3n) is 3.82. The summed E-state index contributed by atoms with van der Waals surface area (Å²) in [6, 6.07) is 11.2. The van der Waals surface area contributed by atoms with Crippen molar-refractivity contribution in [2.24, 2.45) is 0 Å². The van der Waals surface area contributed by atoms with Crippen molar-refractivity contribution in [2.45, 2.75) is 0 Å². The average molecular weight is 404 g/mol. The summed E-state index contributed by atoms with van der Waals surface area (Å²) in [5.74, 6) is -0.364. The molecule has 8 heteroatoms. The Hall–Kier alpha value is -3.06. The van der Waals surface area contributed by atoms with Gasteiger partial charge in [0.05, 0.1) is 10.6 Å². The number of likely N-dealkylation sites (N-methyl/N-ethyl adjacent to an activating group) is 1. The highest BCUT2D eigenvalue weighted by Gasteiger charge is 2.14. The zero-order valence-electron chi connectivity index (χ0n) is 16.2. The lowest BCUT2D eigenvalue weighted by atomic mass is 10.1. The van der Waals surface area contributed by atoms with Crippen LogP contribution in [0.5, 0.6) is 5.75 Å². The number of hydrogen-bond acceptors (Lipinski definition) is 4. The first-order chi connectivity index (χ1) is 13.2. The summed E-state index contributed by atoms with van der Waals surface area (Å²) >= 11 is 6.16. The van der Waals surface area contributed by atoms with Gasteiger partial charge in [0.25, 0.3) is 17.7 Å². The summed E-state index contributed by atoms with van der Waals surface area (Å²) in [6.07, 6.45) is 0. The van der Waals surface area contributed by atoms with Crippen LogP contribution >= 0.6 is 11.6 Å². The fourth-order valence-electron chi connectivity index (χ4n) is 2.21. The van der Waals surface area contributed by atoms with Gasteiger partial charge in [-0.15, -0.1) is 0 Å². The number of carbonyl (C=O) groups excluding carboxylic acids is 3. The number of nitrogens with one attached hydrogen (secondary N) is 1. The van der Waals surface area contributed by atoms with Crippen molar-refractivity contribution in [3.05, 3.63) is 58.6 Å². The number of nitrogens with zero attached hydrogens (tertiary/aromatic N) is 2. The van der Waals surface area contributed by atoms with Gasteiger partial charge >= 0.3 is 0 Å². The minimum atomic E-state index is -0.368. The normalized spacial score (nSPS) is 10.2. The van der Waals surface area contributed by atoms with Crippen LogP contribution in [-0.4, -0.2) is 62.3 Å². The van der Waals surface area contributed by atoms with Gasteiger partial charge in [-0.2, -0.15) is 0 Å². The van der Waals surface area contributed by atoms with Crippen molar-refractivity contribution in [1.82, 2.24) is 9.80 Å². The molecule has 0 saturated carbocycles. The van der Waals surface area contributed by atoms with Crippen LogP contribution in [0.3, 0.4) is 0 Å². The molecule has 2 aromatic rings. The minimum Gasteiger partial charge on any atom is -0.484 e. The van der Waals surface area contributed by atoms with Crippen LogP contribution < -0.4 is 10.1 Å². The van der Waals surface area contributed by atoms with Crippen molar-refractivity contribution >= 4 is 35.0 Å². The molecular weight excluding hydrogens is 382 g/mol. The van der Waals surface area contributed by atoms with E-state index in [0.29, 0.717) is 22.6 Å². The van der Waals surface area contributed by atoms with E-state index in [1.54, 1.807) is 64.6 Å². The topological polar surface area (TPSA) is 79.0 Å². The predicted octanol–water partition coefficient (Wildman–Crippen LogP) is 2.76. The van der Waals surface area contributed by atoms with E-state index in [9.17, 15) is 14.4 Å². The molecule has 0 atom stereocenters. The van der Waals surface area contributed by atoms with Crippen LogP contribution in [0.1, 0.15) is 20.7 Å².